The van der Waals surface area contributed by atoms with Gasteiger partial charge in [0.2, 0.25) is 11.8 Å². The lowest BCUT2D eigenvalue weighted by atomic mass is 10.0. The molecule has 0 aliphatic carbocycles. The average Bonchev–Trinajstić information content (AvgIpc) is 2.68. The van der Waals surface area contributed by atoms with E-state index in [1.807, 2.05) is 68.4 Å². The van der Waals surface area contributed by atoms with Crippen molar-refractivity contribution in [3.8, 4) is 5.75 Å². The highest BCUT2D eigenvalue weighted by molar-refractivity contribution is 5.88. The van der Waals surface area contributed by atoms with E-state index in [1.165, 1.54) is 0 Å². The van der Waals surface area contributed by atoms with Gasteiger partial charge >= 0.3 is 0 Å². The molecule has 5 heteroatoms. The first kappa shape index (κ1) is 19.5. The van der Waals surface area contributed by atoms with Crippen LogP contribution in [-0.2, 0) is 16.1 Å². The van der Waals surface area contributed by atoms with E-state index < -0.39 is 6.04 Å². The Hall–Kier alpha value is -2.82. The molecule has 0 aromatic heterocycles. The molecular formula is C21H26N2O3. The normalized spacial score (nSPS) is 11.5. The first-order valence-electron chi connectivity index (χ1n) is 8.85. The molecule has 2 amide bonds. The van der Waals surface area contributed by atoms with Gasteiger partial charge in [0.15, 0.2) is 0 Å². The molecule has 1 atom stereocenters. The predicted molar refractivity (Wildman–Crippen MR) is 102 cm³/mol. The minimum atomic E-state index is -0.661. The molecule has 26 heavy (non-hydrogen) atoms. The number of hydrogen-bond acceptors (Lipinski definition) is 3. The Morgan fingerprint density at radius 1 is 1.04 bits per heavy atom. The molecule has 0 spiro atoms. The number of ether oxygens (including phenoxy) is 1. The van der Waals surface area contributed by atoms with Crippen molar-refractivity contribution in [2.45, 2.75) is 32.9 Å². The molecule has 2 rings (SSSR count). The van der Waals surface area contributed by atoms with Crippen LogP contribution in [0.15, 0.2) is 54.6 Å². The number of methoxy groups -OCH3 is 1. The average molecular weight is 354 g/mol. The summed E-state index contributed by atoms with van der Waals surface area (Å²) < 4.78 is 5.19. The first-order chi connectivity index (χ1) is 12.6. The number of carbonyl (C=O) groups excluding carboxylic acids is 2. The lowest BCUT2D eigenvalue weighted by Gasteiger charge is -2.31. The van der Waals surface area contributed by atoms with Gasteiger partial charge in [-0.3, -0.25) is 9.59 Å². The van der Waals surface area contributed by atoms with Crippen molar-refractivity contribution in [3.05, 3.63) is 65.7 Å². The van der Waals surface area contributed by atoms with Crippen LogP contribution in [0.5, 0.6) is 5.75 Å². The van der Waals surface area contributed by atoms with E-state index in [0.717, 1.165) is 16.9 Å². The van der Waals surface area contributed by atoms with Crippen molar-refractivity contribution in [3.63, 3.8) is 0 Å². The number of carbonyl (C=O) groups is 2. The molecule has 1 unspecified atom stereocenters. The number of benzene rings is 2. The fraction of sp³-hybridized carbons (Fsp3) is 0.333. The first-order valence-corrected chi connectivity index (χ1v) is 8.85. The fourth-order valence-corrected chi connectivity index (χ4v) is 2.83. The molecule has 2 aromatic carbocycles. The lowest BCUT2D eigenvalue weighted by Crippen LogP contribution is -2.43. The van der Waals surface area contributed by atoms with Gasteiger partial charge in [0.05, 0.1) is 7.11 Å². The summed E-state index contributed by atoms with van der Waals surface area (Å²) in [4.78, 5) is 27.1. The van der Waals surface area contributed by atoms with Crippen molar-refractivity contribution in [1.82, 2.24) is 10.2 Å². The van der Waals surface area contributed by atoms with Gasteiger partial charge < -0.3 is 15.0 Å². The van der Waals surface area contributed by atoms with Crippen molar-refractivity contribution >= 4 is 11.8 Å². The number of likely N-dealkylation sites (N-methyl/N-ethyl adjacent to an activating group) is 1. The third-order valence-corrected chi connectivity index (χ3v) is 4.16. The Balaban J connectivity index is 2.38. The van der Waals surface area contributed by atoms with Crippen molar-refractivity contribution in [2.75, 3.05) is 13.7 Å². The molecule has 0 heterocycles. The van der Waals surface area contributed by atoms with Crippen LogP contribution >= 0.6 is 0 Å². The Bertz CT molecular complexity index is 714. The summed E-state index contributed by atoms with van der Waals surface area (Å²) in [7, 11) is 1.61. The van der Waals surface area contributed by atoms with Gasteiger partial charge in [0.25, 0.3) is 0 Å². The number of nitrogens with one attached hydrogen (secondary N) is 1. The zero-order chi connectivity index (χ0) is 18.9. The largest absolute Gasteiger partial charge is 0.497 e. The molecule has 0 aliphatic heterocycles. The molecule has 0 saturated heterocycles. The van der Waals surface area contributed by atoms with Gasteiger partial charge in [-0.25, -0.2) is 0 Å². The maximum atomic E-state index is 12.8. The highest BCUT2D eigenvalue weighted by Crippen LogP contribution is 2.25. The Kier molecular flexibility index (Phi) is 7.21. The van der Waals surface area contributed by atoms with Crippen molar-refractivity contribution in [2.24, 2.45) is 0 Å². The number of hydrogen-bond donors (Lipinski definition) is 1. The summed E-state index contributed by atoms with van der Waals surface area (Å²) >= 11 is 0. The van der Waals surface area contributed by atoms with Crippen LogP contribution in [0.25, 0.3) is 0 Å². The monoisotopic (exact) mass is 354 g/mol. The van der Waals surface area contributed by atoms with Crippen LogP contribution < -0.4 is 10.1 Å². The van der Waals surface area contributed by atoms with Gasteiger partial charge in [-0.15, -0.1) is 0 Å². The predicted octanol–water partition coefficient (Wildman–Crippen LogP) is 3.31. The minimum Gasteiger partial charge on any atom is -0.497 e. The molecule has 5 nitrogen and oxygen atoms in total. The number of rotatable bonds is 8. The Labute approximate surface area is 155 Å². The quantitative estimate of drug-likeness (QED) is 0.791. The van der Waals surface area contributed by atoms with Crippen LogP contribution in [0.1, 0.15) is 37.4 Å². The molecule has 2 aromatic rings. The van der Waals surface area contributed by atoms with Gasteiger partial charge in [-0.05, 0) is 30.2 Å². The highest BCUT2D eigenvalue weighted by atomic mass is 16.5. The van der Waals surface area contributed by atoms with E-state index in [9.17, 15) is 9.59 Å². The van der Waals surface area contributed by atoms with Crippen LogP contribution in [0, 0.1) is 0 Å². The number of nitrogens with zero attached hydrogens (tertiary/aromatic N) is 1. The summed E-state index contributed by atoms with van der Waals surface area (Å²) in [6.45, 7) is 4.55. The van der Waals surface area contributed by atoms with Crippen molar-refractivity contribution < 1.29 is 14.3 Å². The SMILES string of the molecule is CCNC(=O)C(c1ccccc1)N(Cc1ccc(OC)cc1)C(=O)CC. The van der Waals surface area contributed by atoms with Gasteiger partial charge in [0, 0.05) is 19.5 Å². The molecule has 0 radical (unpaired) electrons. The second-order valence-corrected chi connectivity index (χ2v) is 5.93. The molecule has 1 N–H and O–H groups in total. The van der Waals surface area contributed by atoms with Gasteiger partial charge in [-0.2, -0.15) is 0 Å². The minimum absolute atomic E-state index is 0.0686. The molecule has 138 valence electrons. The van der Waals surface area contributed by atoms with E-state index in [2.05, 4.69) is 5.32 Å². The highest BCUT2D eigenvalue weighted by Gasteiger charge is 2.30. The number of amides is 2. The summed E-state index contributed by atoms with van der Waals surface area (Å²) in [5, 5.41) is 2.85. The maximum absolute atomic E-state index is 12.8. The third-order valence-electron chi connectivity index (χ3n) is 4.16. The second kappa shape index (κ2) is 9.61. The maximum Gasteiger partial charge on any atom is 0.247 e. The van der Waals surface area contributed by atoms with Crippen LogP contribution in [0.3, 0.4) is 0 Å². The summed E-state index contributed by atoms with van der Waals surface area (Å²) in [6, 6.07) is 16.3. The third kappa shape index (κ3) is 4.85. The Morgan fingerprint density at radius 3 is 2.23 bits per heavy atom. The van der Waals surface area contributed by atoms with Crippen LogP contribution in [-0.4, -0.2) is 30.4 Å². The standard InChI is InChI=1S/C21H26N2O3/c1-4-19(24)23(15-16-11-13-18(26-3)14-12-16)20(21(25)22-5-2)17-9-7-6-8-10-17/h6-14,20H,4-5,15H2,1-3H3,(H,22,25). The van der Waals surface area contributed by atoms with Gasteiger partial charge in [-0.1, -0.05) is 49.4 Å². The Morgan fingerprint density at radius 2 is 1.69 bits per heavy atom. The van der Waals surface area contributed by atoms with Gasteiger partial charge in [0.1, 0.15) is 11.8 Å². The molecule has 0 fully saturated rings. The van der Waals surface area contributed by atoms with E-state index in [1.54, 1.807) is 12.0 Å². The molecule has 0 aliphatic rings. The van der Waals surface area contributed by atoms with Crippen molar-refractivity contribution in [1.29, 1.82) is 0 Å². The fourth-order valence-electron chi connectivity index (χ4n) is 2.83. The molecular weight excluding hydrogens is 328 g/mol. The van der Waals surface area contributed by atoms with E-state index in [4.69, 9.17) is 4.74 Å². The smallest absolute Gasteiger partial charge is 0.247 e. The zero-order valence-corrected chi connectivity index (χ0v) is 15.6. The topological polar surface area (TPSA) is 58.6 Å². The lowest BCUT2D eigenvalue weighted by molar-refractivity contribution is -0.141. The van der Waals surface area contributed by atoms with E-state index >= 15 is 0 Å². The zero-order valence-electron chi connectivity index (χ0n) is 15.6. The summed E-state index contributed by atoms with van der Waals surface area (Å²) in [6.07, 6.45) is 0.332. The summed E-state index contributed by atoms with van der Waals surface area (Å²) in [5.74, 6) is 0.514. The molecule has 0 saturated carbocycles. The van der Waals surface area contributed by atoms with E-state index in [-0.39, 0.29) is 11.8 Å². The second-order valence-electron chi connectivity index (χ2n) is 5.93. The molecule has 0 bridgehead atoms. The van der Waals surface area contributed by atoms with Crippen LogP contribution in [0.2, 0.25) is 0 Å². The summed E-state index contributed by atoms with van der Waals surface area (Å²) in [5.41, 5.74) is 1.74. The van der Waals surface area contributed by atoms with E-state index in [0.29, 0.717) is 19.5 Å². The van der Waals surface area contributed by atoms with Crippen LogP contribution in [0.4, 0.5) is 0 Å².